The third-order valence-electron chi connectivity index (χ3n) is 5.47. The second-order valence-electron chi connectivity index (χ2n) is 8.48. The average Bonchev–Trinajstić information content (AvgIpc) is 2.80. The van der Waals surface area contributed by atoms with Gasteiger partial charge in [0.15, 0.2) is 0 Å². The SMILES string of the molecule is Cc1cc(C)cc(COc2cccc(/C=C3\C(=O)NC(=O)N(c4cc(C(F)(F)F)ccc4Cl)C3=O)c2)c1. The molecule has 3 aromatic carbocycles. The van der Waals surface area contributed by atoms with Crippen molar-refractivity contribution in [2.75, 3.05) is 4.90 Å². The largest absolute Gasteiger partial charge is 0.489 e. The summed E-state index contributed by atoms with van der Waals surface area (Å²) < 4.78 is 45.5. The third kappa shape index (κ3) is 5.83. The molecule has 1 saturated heterocycles. The van der Waals surface area contributed by atoms with Gasteiger partial charge in [0.1, 0.15) is 17.9 Å². The molecule has 37 heavy (non-hydrogen) atoms. The van der Waals surface area contributed by atoms with Crippen LogP contribution in [0.4, 0.5) is 23.7 Å². The zero-order valence-corrected chi connectivity index (χ0v) is 20.4. The van der Waals surface area contributed by atoms with Crippen LogP contribution in [0.5, 0.6) is 5.75 Å². The zero-order valence-electron chi connectivity index (χ0n) is 19.7. The molecule has 0 aromatic heterocycles. The van der Waals surface area contributed by atoms with Gasteiger partial charge < -0.3 is 4.74 Å². The molecule has 1 fully saturated rings. The summed E-state index contributed by atoms with van der Waals surface area (Å²) in [5, 5.41) is 1.70. The molecule has 1 N–H and O–H groups in total. The van der Waals surface area contributed by atoms with Crippen LogP contribution < -0.4 is 15.0 Å². The van der Waals surface area contributed by atoms with Gasteiger partial charge in [0.05, 0.1) is 16.3 Å². The molecule has 0 aliphatic carbocycles. The fourth-order valence-electron chi connectivity index (χ4n) is 3.92. The van der Waals surface area contributed by atoms with Crippen molar-refractivity contribution in [1.82, 2.24) is 5.32 Å². The van der Waals surface area contributed by atoms with Crippen LogP contribution in [0.2, 0.25) is 5.02 Å². The van der Waals surface area contributed by atoms with Crippen molar-refractivity contribution in [2.45, 2.75) is 26.6 Å². The Morgan fingerprint density at radius 1 is 0.973 bits per heavy atom. The summed E-state index contributed by atoms with van der Waals surface area (Å²) in [5.41, 5.74) is 1.50. The second kappa shape index (κ2) is 10.1. The Balaban J connectivity index is 1.62. The Bertz CT molecular complexity index is 1430. The van der Waals surface area contributed by atoms with E-state index in [1.807, 2.05) is 37.4 Å². The van der Waals surface area contributed by atoms with Crippen molar-refractivity contribution < 1.29 is 32.3 Å². The molecule has 4 rings (SSSR count). The first kappa shape index (κ1) is 26.0. The minimum absolute atomic E-state index is 0.271. The van der Waals surface area contributed by atoms with Crippen molar-refractivity contribution in [3.63, 3.8) is 0 Å². The predicted molar refractivity (Wildman–Crippen MR) is 132 cm³/mol. The Morgan fingerprint density at radius 2 is 1.68 bits per heavy atom. The molecular weight excluding hydrogens is 509 g/mol. The summed E-state index contributed by atoms with van der Waals surface area (Å²) in [7, 11) is 0. The summed E-state index contributed by atoms with van der Waals surface area (Å²) >= 11 is 6.02. The van der Waals surface area contributed by atoms with Gasteiger partial charge in [-0.15, -0.1) is 0 Å². The van der Waals surface area contributed by atoms with Crippen LogP contribution in [0.1, 0.15) is 27.8 Å². The molecule has 0 spiro atoms. The molecule has 190 valence electrons. The Kier molecular flexibility index (Phi) is 7.09. The van der Waals surface area contributed by atoms with Gasteiger partial charge >= 0.3 is 12.2 Å². The highest BCUT2D eigenvalue weighted by molar-refractivity contribution is 6.42. The number of rotatable bonds is 5. The minimum Gasteiger partial charge on any atom is -0.489 e. The van der Waals surface area contributed by atoms with E-state index in [0.717, 1.165) is 28.8 Å². The number of carbonyl (C=O) groups excluding carboxylic acids is 3. The first-order valence-corrected chi connectivity index (χ1v) is 11.4. The van der Waals surface area contributed by atoms with Gasteiger partial charge in [-0.2, -0.15) is 13.2 Å². The Labute approximate surface area is 215 Å². The number of halogens is 4. The first-order valence-electron chi connectivity index (χ1n) is 11.0. The van der Waals surface area contributed by atoms with E-state index in [-0.39, 0.29) is 11.6 Å². The number of nitrogens with one attached hydrogen (secondary N) is 1. The predicted octanol–water partition coefficient (Wildman–Crippen LogP) is 6.22. The van der Waals surface area contributed by atoms with Crippen LogP contribution in [-0.4, -0.2) is 17.8 Å². The van der Waals surface area contributed by atoms with Crippen molar-refractivity contribution >= 4 is 41.2 Å². The lowest BCUT2D eigenvalue weighted by molar-refractivity contribution is -0.137. The lowest BCUT2D eigenvalue weighted by Gasteiger charge is -2.27. The monoisotopic (exact) mass is 528 g/mol. The van der Waals surface area contributed by atoms with E-state index in [9.17, 15) is 27.6 Å². The number of urea groups is 1. The van der Waals surface area contributed by atoms with Crippen LogP contribution >= 0.6 is 11.6 Å². The highest BCUT2D eigenvalue weighted by atomic mass is 35.5. The maximum absolute atomic E-state index is 13.2. The molecule has 0 bridgehead atoms. The van der Waals surface area contributed by atoms with E-state index < -0.39 is 40.8 Å². The molecule has 4 amide bonds. The number of alkyl halides is 3. The Morgan fingerprint density at radius 3 is 2.35 bits per heavy atom. The molecule has 0 saturated carbocycles. The lowest BCUT2D eigenvalue weighted by atomic mass is 10.1. The highest BCUT2D eigenvalue weighted by Crippen LogP contribution is 2.36. The van der Waals surface area contributed by atoms with Crippen LogP contribution in [-0.2, 0) is 22.4 Å². The molecule has 6 nitrogen and oxygen atoms in total. The maximum Gasteiger partial charge on any atom is 0.416 e. The van der Waals surface area contributed by atoms with E-state index in [1.165, 1.54) is 6.08 Å². The van der Waals surface area contributed by atoms with E-state index in [1.54, 1.807) is 24.3 Å². The maximum atomic E-state index is 13.2. The Hall–Kier alpha value is -4.11. The van der Waals surface area contributed by atoms with Crippen LogP contribution in [0.25, 0.3) is 6.08 Å². The van der Waals surface area contributed by atoms with Gasteiger partial charge in [-0.3, -0.25) is 14.9 Å². The van der Waals surface area contributed by atoms with E-state index in [4.69, 9.17) is 16.3 Å². The van der Waals surface area contributed by atoms with Gasteiger partial charge in [0.25, 0.3) is 11.8 Å². The molecular formula is C27H20ClF3N2O4. The molecule has 1 aliphatic rings. The van der Waals surface area contributed by atoms with E-state index in [0.29, 0.717) is 22.3 Å². The van der Waals surface area contributed by atoms with Crippen molar-refractivity contribution in [2.24, 2.45) is 0 Å². The molecule has 0 unspecified atom stereocenters. The molecule has 0 radical (unpaired) electrons. The number of carbonyl (C=O) groups is 3. The molecule has 0 atom stereocenters. The smallest absolute Gasteiger partial charge is 0.416 e. The first-order chi connectivity index (χ1) is 17.4. The fourth-order valence-corrected chi connectivity index (χ4v) is 4.12. The van der Waals surface area contributed by atoms with Gasteiger partial charge in [0, 0.05) is 0 Å². The van der Waals surface area contributed by atoms with Gasteiger partial charge in [-0.1, -0.05) is 53.1 Å². The van der Waals surface area contributed by atoms with E-state index in [2.05, 4.69) is 0 Å². The topological polar surface area (TPSA) is 75.7 Å². The van der Waals surface area contributed by atoms with Crippen LogP contribution in [0.3, 0.4) is 0 Å². The second-order valence-corrected chi connectivity index (χ2v) is 8.89. The quantitative estimate of drug-likeness (QED) is 0.315. The number of aryl methyl sites for hydroxylation is 2. The van der Waals surface area contributed by atoms with Gasteiger partial charge in [-0.25, -0.2) is 9.69 Å². The fraction of sp³-hybridized carbons (Fsp3) is 0.148. The number of barbiturate groups is 1. The number of amides is 4. The average molecular weight is 529 g/mol. The third-order valence-corrected chi connectivity index (χ3v) is 5.79. The number of hydrogen-bond acceptors (Lipinski definition) is 4. The molecule has 1 aliphatic heterocycles. The van der Waals surface area contributed by atoms with Crippen molar-refractivity contribution in [1.29, 1.82) is 0 Å². The van der Waals surface area contributed by atoms with Crippen molar-refractivity contribution in [3.8, 4) is 5.75 Å². The number of hydrogen-bond donors (Lipinski definition) is 1. The summed E-state index contributed by atoms with van der Waals surface area (Å²) in [6, 6.07) is 13.6. The van der Waals surface area contributed by atoms with Gasteiger partial charge in [0.2, 0.25) is 0 Å². The van der Waals surface area contributed by atoms with Crippen molar-refractivity contribution in [3.05, 3.63) is 99.1 Å². The number of anilines is 1. The number of nitrogens with zero attached hydrogens (tertiary/aromatic N) is 1. The summed E-state index contributed by atoms with van der Waals surface area (Å²) in [4.78, 5) is 38.4. The standard InChI is InChI=1S/C27H20ClF3N2O4/c1-15-8-16(2)10-18(9-15)14-37-20-5-3-4-17(11-20)12-21-24(34)32-26(36)33(25(21)35)23-13-19(27(29,30)31)6-7-22(23)28/h3-13H,14H2,1-2H3,(H,32,34,36)/b21-12+. The number of imide groups is 2. The summed E-state index contributed by atoms with van der Waals surface area (Å²) in [5.74, 6) is -1.64. The molecule has 1 heterocycles. The van der Waals surface area contributed by atoms with E-state index >= 15 is 0 Å². The van der Waals surface area contributed by atoms with Crippen LogP contribution in [0, 0.1) is 13.8 Å². The highest BCUT2D eigenvalue weighted by Gasteiger charge is 2.39. The summed E-state index contributed by atoms with van der Waals surface area (Å²) in [6.45, 7) is 4.25. The number of ether oxygens (including phenoxy) is 1. The lowest BCUT2D eigenvalue weighted by Crippen LogP contribution is -2.54. The minimum atomic E-state index is -4.74. The summed E-state index contributed by atoms with van der Waals surface area (Å²) in [6.07, 6.45) is -3.51. The molecule has 10 heteroatoms. The zero-order chi connectivity index (χ0) is 26.9. The normalized spacial score (nSPS) is 15.2. The molecule has 3 aromatic rings. The van der Waals surface area contributed by atoms with Crippen LogP contribution in [0.15, 0.2) is 66.2 Å². The number of benzene rings is 3. The van der Waals surface area contributed by atoms with Gasteiger partial charge in [-0.05, 0) is 61.4 Å².